The van der Waals surface area contributed by atoms with Crippen LogP contribution in [0.15, 0.2) is 0 Å². The summed E-state index contributed by atoms with van der Waals surface area (Å²) in [5.41, 5.74) is 1.25. The van der Waals surface area contributed by atoms with Gasteiger partial charge in [0.05, 0.1) is 12.2 Å². The maximum Gasteiger partial charge on any atom is 0.0847 e. The Morgan fingerprint density at radius 1 is 0.857 bits per heavy atom. The monoisotopic (exact) mass is 386 g/mol. The fourth-order valence-electron chi connectivity index (χ4n) is 9.54. The molecule has 4 aliphatic carbocycles. The summed E-state index contributed by atoms with van der Waals surface area (Å²) in [6.45, 7) is 12.8. The second-order valence-electron chi connectivity index (χ2n) is 12.8. The van der Waals surface area contributed by atoms with E-state index in [1.165, 1.54) is 64.2 Å². The van der Waals surface area contributed by atoms with Crippen LogP contribution in [-0.2, 0) is 4.74 Å². The zero-order chi connectivity index (χ0) is 19.7. The van der Waals surface area contributed by atoms with Crippen molar-refractivity contribution in [2.24, 2.45) is 52.3 Å². The van der Waals surface area contributed by atoms with Crippen molar-refractivity contribution in [1.29, 1.82) is 0 Å². The second-order valence-corrected chi connectivity index (χ2v) is 12.8. The van der Waals surface area contributed by atoms with Crippen LogP contribution in [0.3, 0.4) is 0 Å². The first-order valence-corrected chi connectivity index (χ1v) is 13.0. The van der Waals surface area contributed by atoms with Gasteiger partial charge in [-0.05, 0) is 104 Å². The Balaban J connectivity index is 1.30. The standard InChI is InChI=1S/C27H46O/c1-17(2)7-6-8-18(3)21-11-12-22-20-10-9-19-15-24-25(28-24)16-27(19,5)23(20)13-14-26(21,22)4/h17-25H,6-16H2,1-5H3/t18-,19+,20+,21+,22-,23+,24+,25-,26+,27+/m1/s1. The Kier molecular flexibility index (Phi) is 4.97. The van der Waals surface area contributed by atoms with E-state index in [1.54, 1.807) is 6.42 Å². The Labute approximate surface area is 174 Å². The van der Waals surface area contributed by atoms with E-state index in [2.05, 4.69) is 34.6 Å². The third-order valence-corrected chi connectivity index (χ3v) is 11.1. The molecule has 0 aromatic carbocycles. The number of ether oxygens (including phenoxy) is 1. The largest absolute Gasteiger partial charge is 0.370 e. The van der Waals surface area contributed by atoms with Crippen LogP contribution in [0.2, 0.25) is 0 Å². The van der Waals surface area contributed by atoms with Crippen molar-refractivity contribution in [3.8, 4) is 0 Å². The number of fused-ring (bicyclic) bond motifs is 6. The molecule has 5 aliphatic rings. The summed E-state index contributed by atoms with van der Waals surface area (Å²) in [4.78, 5) is 0. The van der Waals surface area contributed by atoms with Gasteiger partial charge >= 0.3 is 0 Å². The molecule has 28 heavy (non-hydrogen) atoms. The van der Waals surface area contributed by atoms with E-state index in [1.807, 2.05) is 0 Å². The van der Waals surface area contributed by atoms with Gasteiger partial charge in [0.25, 0.3) is 0 Å². The van der Waals surface area contributed by atoms with Crippen LogP contribution in [-0.4, -0.2) is 12.2 Å². The number of epoxide rings is 1. The minimum atomic E-state index is 0.600. The molecule has 1 heterocycles. The van der Waals surface area contributed by atoms with Crippen LogP contribution in [0.1, 0.15) is 105 Å². The molecule has 0 radical (unpaired) electrons. The average molecular weight is 387 g/mol. The molecule has 160 valence electrons. The van der Waals surface area contributed by atoms with E-state index >= 15 is 0 Å². The Morgan fingerprint density at radius 2 is 1.64 bits per heavy atom. The van der Waals surface area contributed by atoms with Gasteiger partial charge in [0.15, 0.2) is 0 Å². The number of hydrogen-bond donors (Lipinski definition) is 0. The predicted octanol–water partition coefficient (Wildman–Crippen LogP) is 7.49. The molecule has 0 spiro atoms. The molecule has 0 aromatic heterocycles. The molecule has 0 aromatic rings. The normalized spacial score (nSPS) is 53.1. The molecule has 0 amide bonds. The third kappa shape index (κ3) is 3.04. The van der Waals surface area contributed by atoms with Gasteiger partial charge in [-0.2, -0.15) is 0 Å². The molecular formula is C27H46O. The highest BCUT2D eigenvalue weighted by Crippen LogP contribution is 2.69. The van der Waals surface area contributed by atoms with E-state index < -0.39 is 0 Å². The van der Waals surface area contributed by atoms with Crippen LogP contribution in [0.5, 0.6) is 0 Å². The van der Waals surface area contributed by atoms with Crippen molar-refractivity contribution in [2.45, 2.75) is 117 Å². The lowest BCUT2D eigenvalue weighted by atomic mass is 9.44. The van der Waals surface area contributed by atoms with Crippen molar-refractivity contribution in [2.75, 3.05) is 0 Å². The molecule has 0 unspecified atom stereocenters. The van der Waals surface area contributed by atoms with Gasteiger partial charge in [-0.3, -0.25) is 0 Å². The van der Waals surface area contributed by atoms with Gasteiger partial charge in [0.1, 0.15) is 0 Å². The molecule has 5 fully saturated rings. The maximum absolute atomic E-state index is 6.02. The van der Waals surface area contributed by atoms with Crippen LogP contribution >= 0.6 is 0 Å². The van der Waals surface area contributed by atoms with E-state index in [4.69, 9.17) is 4.74 Å². The minimum Gasteiger partial charge on any atom is -0.370 e. The van der Waals surface area contributed by atoms with E-state index in [-0.39, 0.29) is 0 Å². The lowest BCUT2D eigenvalue weighted by Gasteiger charge is -2.60. The summed E-state index contributed by atoms with van der Waals surface area (Å²) in [5, 5.41) is 0. The lowest BCUT2D eigenvalue weighted by molar-refractivity contribution is -0.110. The zero-order valence-electron chi connectivity index (χ0n) is 19.4. The molecule has 5 rings (SSSR count). The first-order valence-electron chi connectivity index (χ1n) is 13.0. The minimum absolute atomic E-state index is 0.600. The summed E-state index contributed by atoms with van der Waals surface area (Å²) >= 11 is 0. The summed E-state index contributed by atoms with van der Waals surface area (Å²) < 4.78 is 6.02. The molecule has 1 saturated heterocycles. The van der Waals surface area contributed by atoms with Gasteiger partial charge in [-0.25, -0.2) is 0 Å². The fraction of sp³-hybridized carbons (Fsp3) is 1.00. The zero-order valence-corrected chi connectivity index (χ0v) is 19.4. The molecule has 1 nitrogen and oxygen atoms in total. The van der Waals surface area contributed by atoms with Gasteiger partial charge in [0.2, 0.25) is 0 Å². The summed E-state index contributed by atoms with van der Waals surface area (Å²) in [5.74, 6) is 6.84. The second kappa shape index (κ2) is 7.00. The quantitative estimate of drug-likeness (QED) is 0.446. The summed E-state index contributed by atoms with van der Waals surface area (Å²) in [6.07, 6.45) is 17.6. The summed E-state index contributed by atoms with van der Waals surface area (Å²) in [7, 11) is 0. The fourth-order valence-corrected chi connectivity index (χ4v) is 9.54. The Hall–Kier alpha value is -0.0400. The summed E-state index contributed by atoms with van der Waals surface area (Å²) in [6, 6.07) is 0. The highest BCUT2D eigenvalue weighted by molar-refractivity contribution is 5.12. The van der Waals surface area contributed by atoms with Crippen molar-refractivity contribution in [3.63, 3.8) is 0 Å². The van der Waals surface area contributed by atoms with E-state index in [9.17, 15) is 0 Å². The highest BCUT2D eigenvalue weighted by Gasteiger charge is 2.63. The third-order valence-electron chi connectivity index (χ3n) is 11.1. The molecule has 1 heteroatoms. The van der Waals surface area contributed by atoms with E-state index in [0.717, 1.165) is 41.4 Å². The first-order chi connectivity index (χ1) is 13.3. The molecule has 0 N–H and O–H groups in total. The van der Waals surface area contributed by atoms with Crippen LogP contribution in [0.25, 0.3) is 0 Å². The predicted molar refractivity (Wildman–Crippen MR) is 117 cm³/mol. The van der Waals surface area contributed by atoms with Crippen molar-refractivity contribution >= 4 is 0 Å². The van der Waals surface area contributed by atoms with Gasteiger partial charge in [-0.15, -0.1) is 0 Å². The topological polar surface area (TPSA) is 12.5 Å². The molecular weight excluding hydrogens is 340 g/mol. The van der Waals surface area contributed by atoms with Crippen LogP contribution in [0, 0.1) is 52.3 Å². The molecule has 4 saturated carbocycles. The van der Waals surface area contributed by atoms with E-state index in [0.29, 0.717) is 23.0 Å². The number of hydrogen-bond acceptors (Lipinski definition) is 1. The number of rotatable bonds is 5. The van der Waals surface area contributed by atoms with Gasteiger partial charge in [-0.1, -0.05) is 53.9 Å². The molecule has 0 bridgehead atoms. The molecule has 1 aliphatic heterocycles. The van der Waals surface area contributed by atoms with Crippen molar-refractivity contribution < 1.29 is 4.74 Å². The SMILES string of the molecule is CC(C)CCC[C@@H](C)[C@@H]1CC[C@@H]2[C@@H]3CC[C@H]4C[C@@H]5O[C@@H]5C[C@]4(C)[C@H]3CC[C@]21C. The van der Waals surface area contributed by atoms with Crippen LogP contribution < -0.4 is 0 Å². The van der Waals surface area contributed by atoms with Gasteiger partial charge in [0, 0.05) is 0 Å². The highest BCUT2D eigenvalue weighted by atomic mass is 16.6. The van der Waals surface area contributed by atoms with Crippen LogP contribution in [0.4, 0.5) is 0 Å². The van der Waals surface area contributed by atoms with Crippen molar-refractivity contribution in [1.82, 2.24) is 0 Å². The lowest BCUT2D eigenvalue weighted by Crippen LogP contribution is -2.54. The smallest absolute Gasteiger partial charge is 0.0847 e. The Bertz CT molecular complexity index is 583. The maximum atomic E-state index is 6.02. The average Bonchev–Trinajstić information content (AvgIpc) is 3.27. The van der Waals surface area contributed by atoms with Crippen molar-refractivity contribution in [3.05, 3.63) is 0 Å². The molecule has 10 atom stereocenters. The Morgan fingerprint density at radius 3 is 2.43 bits per heavy atom. The van der Waals surface area contributed by atoms with Gasteiger partial charge < -0.3 is 4.74 Å². The first kappa shape index (κ1) is 19.9.